The van der Waals surface area contributed by atoms with Gasteiger partial charge >= 0.3 is 0 Å². The molecule has 0 saturated carbocycles. The van der Waals surface area contributed by atoms with Crippen LogP contribution in [0.15, 0.2) is 36.4 Å². The molecule has 96 valence electrons. The van der Waals surface area contributed by atoms with Gasteiger partial charge in [-0.2, -0.15) is 0 Å². The van der Waals surface area contributed by atoms with E-state index < -0.39 is 0 Å². The van der Waals surface area contributed by atoms with Gasteiger partial charge in [0.1, 0.15) is 0 Å². The smallest absolute Gasteiger partial charge is 0.0440 e. The largest absolute Gasteiger partial charge is 0.367 e. The third-order valence-electron chi connectivity index (χ3n) is 3.14. The van der Waals surface area contributed by atoms with Crippen LogP contribution in [0.25, 0.3) is 0 Å². The first-order chi connectivity index (χ1) is 8.74. The number of rotatable bonds is 5. The topological polar surface area (TPSA) is 29.3 Å². The molecule has 0 aliphatic rings. The maximum Gasteiger partial charge on any atom is 0.0440 e. The zero-order valence-corrected chi connectivity index (χ0v) is 11.8. The summed E-state index contributed by atoms with van der Waals surface area (Å²) in [6, 6.07) is 12.8. The lowest BCUT2D eigenvalue weighted by Gasteiger charge is -2.23. The lowest BCUT2D eigenvalue weighted by Crippen LogP contribution is -2.21. The number of nitrogens with zero attached hydrogens (tertiary/aromatic N) is 1. The fourth-order valence-electron chi connectivity index (χ4n) is 2.08. The third-order valence-corrected chi connectivity index (χ3v) is 4.25. The van der Waals surface area contributed by atoms with E-state index in [2.05, 4.69) is 55.1 Å². The van der Waals surface area contributed by atoms with Gasteiger partial charge in [0.25, 0.3) is 0 Å². The van der Waals surface area contributed by atoms with Gasteiger partial charge in [-0.05, 0) is 37.6 Å². The van der Waals surface area contributed by atoms with Crippen LogP contribution in [0.4, 0.5) is 5.69 Å². The van der Waals surface area contributed by atoms with Gasteiger partial charge in [-0.3, -0.25) is 0 Å². The van der Waals surface area contributed by atoms with Crippen molar-refractivity contribution in [2.75, 3.05) is 11.4 Å². The molecule has 0 atom stereocenters. The Balaban J connectivity index is 2.18. The maximum atomic E-state index is 5.70. The minimum absolute atomic E-state index is 0.642. The van der Waals surface area contributed by atoms with Crippen LogP contribution in [0.5, 0.6) is 0 Å². The van der Waals surface area contributed by atoms with Crippen LogP contribution >= 0.6 is 11.3 Å². The van der Waals surface area contributed by atoms with Crippen LogP contribution in [0.2, 0.25) is 0 Å². The Labute approximate surface area is 113 Å². The Morgan fingerprint density at radius 1 is 1.22 bits per heavy atom. The van der Waals surface area contributed by atoms with Gasteiger partial charge in [0.2, 0.25) is 0 Å². The second-order valence-electron chi connectivity index (χ2n) is 4.35. The molecule has 0 spiro atoms. The molecule has 18 heavy (non-hydrogen) atoms. The quantitative estimate of drug-likeness (QED) is 0.891. The number of hydrogen-bond acceptors (Lipinski definition) is 3. The number of nitrogens with two attached hydrogens (primary N) is 1. The summed E-state index contributed by atoms with van der Waals surface area (Å²) < 4.78 is 0. The lowest BCUT2D eigenvalue weighted by molar-refractivity contribution is 0.830. The van der Waals surface area contributed by atoms with Gasteiger partial charge < -0.3 is 10.6 Å². The number of anilines is 1. The minimum Gasteiger partial charge on any atom is -0.367 e. The molecule has 0 aliphatic heterocycles. The monoisotopic (exact) mass is 260 g/mol. The van der Waals surface area contributed by atoms with Crippen molar-refractivity contribution >= 4 is 17.0 Å². The van der Waals surface area contributed by atoms with E-state index in [1.165, 1.54) is 21.0 Å². The molecule has 1 heterocycles. The second kappa shape index (κ2) is 6.03. The van der Waals surface area contributed by atoms with Crippen molar-refractivity contribution in [3.05, 3.63) is 51.7 Å². The average molecular weight is 260 g/mol. The highest BCUT2D eigenvalue weighted by Crippen LogP contribution is 2.24. The van der Waals surface area contributed by atoms with E-state index in [-0.39, 0.29) is 0 Å². The first-order valence-electron chi connectivity index (χ1n) is 6.32. The molecule has 2 aromatic rings. The van der Waals surface area contributed by atoms with E-state index in [0.29, 0.717) is 6.54 Å². The predicted octanol–water partition coefficient (Wildman–Crippen LogP) is 3.54. The third kappa shape index (κ3) is 2.92. The lowest BCUT2D eigenvalue weighted by atomic mass is 10.2. The summed E-state index contributed by atoms with van der Waals surface area (Å²) in [6.45, 7) is 6.99. The van der Waals surface area contributed by atoms with E-state index in [1.807, 2.05) is 11.3 Å². The SMILES string of the molecule is CCN(Cc1cc(CN)sc1C)c1ccccc1. The second-order valence-corrected chi connectivity index (χ2v) is 5.69. The van der Waals surface area contributed by atoms with Crippen LogP contribution in [0.1, 0.15) is 22.2 Å². The summed E-state index contributed by atoms with van der Waals surface area (Å²) in [4.78, 5) is 5.03. The first-order valence-corrected chi connectivity index (χ1v) is 7.14. The molecule has 0 unspecified atom stereocenters. The van der Waals surface area contributed by atoms with Gasteiger partial charge in [0, 0.05) is 35.1 Å². The van der Waals surface area contributed by atoms with Crippen molar-refractivity contribution in [2.24, 2.45) is 5.73 Å². The molecule has 0 aliphatic carbocycles. The van der Waals surface area contributed by atoms with E-state index in [1.54, 1.807) is 0 Å². The van der Waals surface area contributed by atoms with Crippen molar-refractivity contribution in [1.29, 1.82) is 0 Å². The fraction of sp³-hybridized carbons (Fsp3) is 0.333. The summed E-state index contributed by atoms with van der Waals surface area (Å²) in [5.41, 5.74) is 8.38. The van der Waals surface area contributed by atoms with Gasteiger partial charge in [0.05, 0.1) is 0 Å². The number of hydrogen-bond donors (Lipinski definition) is 1. The van der Waals surface area contributed by atoms with Gasteiger partial charge in [-0.15, -0.1) is 11.3 Å². The average Bonchev–Trinajstić information content (AvgIpc) is 2.77. The summed E-state index contributed by atoms with van der Waals surface area (Å²) in [5, 5.41) is 0. The highest BCUT2D eigenvalue weighted by Gasteiger charge is 2.09. The molecular weight excluding hydrogens is 240 g/mol. The van der Waals surface area contributed by atoms with Crippen molar-refractivity contribution in [3.8, 4) is 0 Å². The molecule has 1 aromatic heterocycles. The van der Waals surface area contributed by atoms with Crippen LogP contribution in [-0.2, 0) is 13.1 Å². The Morgan fingerprint density at radius 3 is 2.50 bits per heavy atom. The predicted molar refractivity (Wildman–Crippen MR) is 80.1 cm³/mol. The molecule has 0 radical (unpaired) electrons. The molecule has 2 nitrogen and oxygen atoms in total. The number of para-hydroxylation sites is 1. The molecule has 0 amide bonds. The van der Waals surface area contributed by atoms with E-state index in [4.69, 9.17) is 5.73 Å². The van der Waals surface area contributed by atoms with Crippen molar-refractivity contribution < 1.29 is 0 Å². The normalized spacial score (nSPS) is 10.6. The molecule has 1 aromatic carbocycles. The van der Waals surface area contributed by atoms with Gasteiger partial charge in [-0.1, -0.05) is 18.2 Å². The standard InChI is InChI=1S/C15H20N2S/c1-3-17(14-7-5-4-6-8-14)11-13-9-15(10-16)18-12(13)2/h4-9H,3,10-11,16H2,1-2H3. The molecule has 3 heteroatoms. The Kier molecular flexibility index (Phi) is 4.39. The van der Waals surface area contributed by atoms with Crippen molar-refractivity contribution in [1.82, 2.24) is 0 Å². The van der Waals surface area contributed by atoms with Gasteiger partial charge in [-0.25, -0.2) is 0 Å². The number of benzene rings is 1. The van der Waals surface area contributed by atoms with Crippen LogP contribution in [0.3, 0.4) is 0 Å². The van der Waals surface area contributed by atoms with E-state index in [0.717, 1.165) is 13.1 Å². The highest BCUT2D eigenvalue weighted by molar-refractivity contribution is 7.12. The summed E-state index contributed by atoms with van der Waals surface area (Å²) in [7, 11) is 0. The molecule has 0 saturated heterocycles. The summed E-state index contributed by atoms with van der Waals surface area (Å²) in [6.07, 6.45) is 0. The van der Waals surface area contributed by atoms with E-state index >= 15 is 0 Å². The Hall–Kier alpha value is -1.32. The number of thiophene rings is 1. The molecule has 2 rings (SSSR count). The van der Waals surface area contributed by atoms with E-state index in [9.17, 15) is 0 Å². The summed E-state index contributed by atoms with van der Waals surface area (Å²) in [5.74, 6) is 0. The Bertz CT molecular complexity index is 490. The summed E-state index contributed by atoms with van der Waals surface area (Å²) >= 11 is 1.81. The molecule has 0 bridgehead atoms. The molecule has 2 N–H and O–H groups in total. The Morgan fingerprint density at radius 2 is 1.94 bits per heavy atom. The maximum absolute atomic E-state index is 5.70. The number of aryl methyl sites for hydroxylation is 1. The molecular formula is C15H20N2S. The highest BCUT2D eigenvalue weighted by atomic mass is 32.1. The van der Waals surface area contributed by atoms with Crippen LogP contribution in [0, 0.1) is 6.92 Å². The fourth-order valence-corrected chi connectivity index (χ4v) is 3.01. The van der Waals surface area contributed by atoms with Crippen LogP contribution in [-0.4, -0.2) is 6.54 Å². The molecule has 0 fully saturated rings. The van der Waals surface area contributed by atoms with Crippen LogP contribution < -0.4 is 10.6 Å². The zero-order valence-electron chi connectivity index (χ0n) is 11.0. The van der Waals surface area contributed by atoms with Gasteiger partial charge in [0.15, 0.2) is 0 Å². The van der Waals surface area contributed by atoms with Crippen molar-refractivity contribution in [2.45, 2.75) is 26.9 Å². The minimum atomic E-state index is 0.642. The zero-order chi connectivity index (χ0) is 13.0. The van der Waals surface area contributed by atoms with Crippen molar-refractivity contribution in [3.63, 3.8) is 0 Å². The first kappa shape index (κ1) is 13.1.